The topological polar surface area (TPSA) is 108 Å². The van der Waals surface area contributed by atoms with E-state index in [-0.39, 0.29) is 17.5 Å². The number of nitrogens with two attached hydrogens (primary N) is 2. The second kappa shape index (κ2) is 9.17. The number of methoxy groups -OCH3 is 1. The van der Waals surface area contributed by atoms with Gasteiger partial charge in [-0.2, -0.15) is 13.2 Å². The van der Waals surface area contributed by atoms with E-state index in [1.165, 1.54) is 13.2 Å². The summed E-state index contributed by atoms with van der Waals surface area (Å²) in [4.78, 5) is 8.86. The maximum atomic E-state index is 13.5. The van der Waals surface area contributed by atoms with Gasteiger partial charge in [0.05, 0.1) is 29.3 Å². The molecule has 1 fully saturated rings. The van der Waals surface area contributed by atoms with Crippen LogP contribution in [0.1, 0.15) is 48.2 Å². The number of anilines is 3. The van der Waals surface area contributed by atoms with E-state index in [1.54, 1.807) is 13.8 Å². The quantitative estimate of drug-likeness (QED) is 0.452. The number of nitrogens with zero attached hydrogens (tertiary/aromatic N) is 2. The van der Waals surface area contributed by atoms with Crippen molar-refractivity contribution in [3.8, 4) is 5.75 Å². The first-order chi connectivity index (χ1) is 16.1. The molecule has 0 aliphatic carbocycles. The SMILES string of the molecule is COc1c(NC2CCOCC2)cc2nc(C)nc(N)c2c1C(C)c1cc(N)cc(C(F)(F)F)c1. The average Bonchev–Trinajstić information content (AvgIpc) is 2.77. The highest BCUT2D eigenvalue weighted by atomic mass is 19.4. The summed E-state index contributed by atoms with van der Waals surface area (Å²) >= 11 is 0. The fourth-order valence-corrected chi connectivity index (χ4v) is 4.52. The lowest BCUT2D eigenvalue weighted by atomic mass is 9.87. The van der Waals surface area contributed by atoms with Gasteiger partial charge in [-0.3, -0.25) is 0 Å². The van der Waals surface area contributed by atoms with Crippen molar-refractivity contribution in [3.05, 3.63) is 46.8 Å². The maximum absolute atomic E-state index is 13.5. The summed E-state index contributed by atoms with van der Waals surface area (Å²) < 4.78 is 51.8. The van der Waals surface area contributed by atoms with Crippen LogP contribution in [0.5, 0.6) is 5.75 Å². The molecule has 182 valence electrons. The molecule has 1 aliphatic heterocycles. The molecular weight excluding hydrogens is 447 g/mol. The molecular formula is C24H28F3N5O2. The van der Waals surface area contributed by atoms with E-state index in [2.05, 4.69) is 15.3 Å². The largest absolute Gasteiger partial charge is 0.494 e. The van der Waals surface area contributed by atoms with Crippen LogP contribution in [0.2, 0.25) is 0 Å². The predicted octanol–water partition coefficient (Wildman–Crippen LogP) is 4.87. The van der Waals surface area contributed by atoms with Crippen LogP contribution in [0.25, 0.3) is 10.9 Å². The van der Waals surface area contributed by atoms with Gasteiger partial charge in [-0.05, 0) is 49.6 Å². The van der Waals surface area contributed by atoms with Gasteiger partial charge < -0.3 is 26.3 Å². The van der Waals surface area contributed by atoms with E-state index in [9.17, 15) is 13.2 Å². The summed E-state index contributed by atoms with van der Waals surface area (Å²) in [6.07, 6.45) is -2.88. The second-order valence-corrected chi connectivity index (χ2v) is 8.56. The maximum Gasteiger partial charge on any atom is 0.416 e. The van der Waals surface area contributed by atoms with Gasteiger partial charge >= 0.3 is 6.18 Å². The zero-order valence-corrected chi connectivity index (χ0v) is 19.3. The van der Waals surface area contributed by atoms with Crippen molar-refractivity contribution in [1.82, 2.24) is 9.97 Å². The van der Waals surface area contributed by atoms with Crippen LogP contribution >= 0.6 is 0 Å². The van der Waals surface area contributed by atoms with E-state index in [0.717, 1.165) is 25.0 Å². The molecule has 1 aromatic heterocycles. The number of hydrogen-bond acceptors (Lipinski definition) is 7. The van der Waals surface area contributed by atoms with Crippen LogP contribution in [0, 0.1) is 6.92 Å². The number of benzene rings is 2. The van der Waals surface area contributed by atoms with Crippen LogP contribution in [-0.2, 0) is 10.9 Å². The number of ether oxygens (including phenoxy) is 2. The summed E-state index contributed by atoms with van der Waals surface area (Å²) in [6, 6.07) is 5.58. The van der Waals surface area contributed by atoms with Gasteiger partial charge in [0, 0.05) is 36.4 Å². The number of hydrogen-bond donors (Lipinski definition) is 3. The van der Waals surface area contributed by atoms with Gasteiger partial charge in [-0.25, -0.2) is 9.97 Å². The number of nitrogens with one attached hydrogen (secondary N) is 1. The zero-order chi connectivity index (χ0) is 24.6. The number of fused-ring (bicyclic) bond motifs is 1. The Morgan fingerprint density at radius 2 is 1.82 bits per heavy atom. The van der Waals surface area contributed by atoms with Crippen LogP contribution in [-0.4, -0.2) is 36.3 Å². The minimum Gasteiger partial charge on any atom is -0.494 e. The molecule has 1 unspecified atom stereocenters. The van der Waals surface area contributed by atoms with Gasteiger partial charge in [0.2, 0.25) is 0 Å². The lowest BCUT2D eigenvalue weighted by molar-refractivity contribution is -0.137. The molecule has 0 amide bonds. The van der Waals surface area contributed by atoms with Crippen molar-refractivity contribution in [1.29, 1.82) is 0 Å². The highest BCUT2D eigenvalue weighted by molar-refractivity contribution is 5.97. The molecule has 1 atom stereocenters. The van der Waals surface area contributed by atoms with Crippen molar-refractivity contribution >= 4 is 28.1 Å². The summed E-state index contributed by atoms with van der Waals surface area (Å²) in [6.45, 7) is 4.83. The van der Waals surface area contributed by atoms with E-state index in [0.29, 0.717) is 52.5 Å². The van der Waals surface area contributed by atoms with E-state index >= 15 is 0 Å². The van der Waals surface area contributed by atoms with Gasteiger partial charge in [0.15, 0.2) is 0 Å². The fraction of sp³-hybridized carbons (Fsp3) is 0.417. The Balaban J connectivity index is 1.93. The standard InChI is InChI=1S/C24H28F3N5O2/c1-12(14-8-15(24(25,26)27)10-16(28)9-14)20-21-18(30-13(2)31-23(21)29)11-19(22(20)33-3)32-17-4-6-34-7-5-17/h8-12,17,32H,4-7,28H2,1-3H3,(H2,29,30,31). The van der Waals surface area contributed by atoms with Crippen LogP contribution < -0.4 is 21.5 Å². The van der Waals surface area contributed by atoms with Crippen molar-refractivity contribution in [2.45, 2.75) is 44.8 Å². The monoisotopic (exact) mass is 475 g/mol. The Morgan fingerprint density at radius 1 is 1.12 bits per heavy atom. The van der Waals surface area contributed by atoms with Gasteiger partial charge in [0.25, 0.3) is 0 Å². The third-order valence-electron chi connectivity index (χ3n) is 6.14. The third-order valence-corrected chi connectivity index (χ3v) is 6.14. The van der Waals surface area contributed by atoms with Gasteiger partial charge in [0.1, 0.15) is 17.4 Å². The molecule has 7 nitrogen and oxygen atoms in total. The number of halogens is 3. The molecule has 4 rings (SSSR count). The number of aromatic nitrogens is 2. The van der Waals surface area contributed by atoms with E-state index in [4.69, 9.17) is 20.9 Å². The first-order valence-corrected chi connectivity index (χ1v) is 11.0. The minimum absolute atomic E-state index is 0.0245. The summed E-state index contributed by atoms with van der Waals surface area (Å²) in [7, 11) is 1.53. The molecule has 0 bridgehead atoms. The molecule has 5 N–H and O–H groups in total. The molecule has 0 radical (unpaired) electrons. The third kappa shape index (κ3) is 4.68. The Bertz CT molecular complexity index is 1210. The highest BCUT2D eigenvalue weighted by Crippen LogP contribution is 2.45. The minimum atomic E-state index is -4.53. The van der Waals surface area contributed by atoms with E-state index < -0.39 is 17.7 Å². The van der Waals surface area contributed by atoms with Crippen molar-refractivity contribution in [2.75, 3.05) is 37.1 Å². The molecule has 2 aromatic carbocycles. The number of alkyl halides is 3. The van der Waals surface area contributed by atoms with Crippen LogP contribution in [0.3, 0.4) is 0 Å². The molecule has 1 saturated heterocycles. The lowest BCUT2D eigenvalue weighted by Crippen LogP contribution is -2.28. The van der Waals surface area contributed by atoms with Crippen molar-refractivity contribution in [2.24, 2.45) is 0 Å². The molecule has 1 aliphatic rings. The van der Waals surface area contributed by atoms with Gasteiger partial charge in [-0.1, -0.05) is 6.92 Å². The fourth-order valence-electron chi connectivity index (χ4n) is 4.52. The smallest absolute Gasteiger partial charge is 0.416 e. The predicted molar refractivity (Wildman–Crippen MR) is 126 cm³/mol. The average molecular weight is 476 g/mol. The molecule has 10 heteroatoms. The molecule has 0 saturated carbocycles. The molecule has 0 spiro atoms. The number of rotatable bonds is 5. The molecule has 3 aromatic rings. The Kier molecular flexibility index (Phi) is 6.44. The molecule has 2 heterocycles. The summed E-state index contributed by atoms with van der Waals surface area (Å²) in [5.74, 6) is 0.669. The van der Waals surface area contributed by atoms with Gasteiger partial charge in [-0.15, -0.1) is 0 Å². The highest BCUT2D eigenvalue weighted by Gasteiger charge is 2.32. The normalized spacial score (nSPS) is 15.9. The Hall–Kier alpha value is -3.27. The van der Waals surface area contributed by atoms with Crippen molar-refractivity contribution < 1.29 is 22.6 Å². The van der Waals surface area contributed by atoms with Crippen LogP contribution in [0.4, 0.5) is 30.4 Å². The first kappa shape index (κ1) is 23.9. The zero-order valence-electron chi connectivity index (χ0n) is 19.3. The summed E-state index contributed by atoms with van der Waals surface area (Å²) in [5.41, 5.74) is 13.6. The van der Waals surface area contributed by atoms with E-state index in [1.807, 2.05) is 6.07 Å². The lowest BCUT2D eigenvalue weighted by Gasteiger charge is -2.28. The number of nitrogen functional groups attached to an aromatic ring is 2. The summed E-state index contributed by atoms with van der Waals surface area (Å²) in [5, 5.41) is 4.06. The first-order valence-electron chi connectivity index (χ1n) is 11.0. The van der Waals surface area contributed by atoms with Crippen molar-refractivity contribution in [3.63, 3.8) is 0 Å². The Labute approximate surface area is 195 Å². The Morgan fingerprint density at radius 3 is 2.47 bits per heavy atom. The second-order valence-electron chi connectivity index (χ2n) is 8.56. The molecule has 34 heavy (non-hydrogen) atoms. The van der Waals surface area contributed by atoms with Crippen LogP contribution in [0.15, 0.2) is 24.3 Å². The number of aryl methyl sites for hydroxylation is 1.